The summed E-state index contributed by atoms with van der Waals surface area (Å²) in [6, 6.07) is 8.19. The Morgan fingerprint density at radius 2 is 2.12 bits per heavy atom. The number of methoxy groups -OCH3 is 1. The highest BCUT2D eigenvalue weighted by atomic mass is 16.5. The van der Waals surface area contributed by atoms with Gasteiger partial charge in [-0.25, -0.2) is 0 Å². The summed E-state index contributed by atoms with van der Waals surface area (Å²) in [6.07, 6.45) is 5.52. The number of ether oxygens (including phenoxy) is 1. The molecule has 2 rings (SSSR count). The van der Waals surface area contributed by atoms with Gasteiger partial charge in [-0.3, -0.25) is 4.98 Å². The van der Waals surface area contributed by atoms with E-state index in [1.54, 1.807) is 7.11 Å². The number of hydrogen-bond acceptors (Lipinski definition) is 2. The fourth-order valence-corrected chi connectivity index (χ4v) is 1.80. The number of unbranched alkanes of at least 4 members (excludes halogenated alkanes) is 1. The lowest BCUT2D eigenvalue weighted by atomic mass is 10.1. The number of fused-ring (bicyclic) bond motifs is 1. The van der Waals surface area contributed by atoms with Crippen molar-refractivity contribution < 1.29 is 4.74 Å². The molecule has 0 bridgehead atoms. The number of benzene rings is 1. The maximum absolute atomic E-state index is 5.22. The highest BCUT2D eigenvalue weighted by molar-refractivity contribution is 5.80. The van der Waals surface area contributed by atoms with Crippen LogP contribution < -0.4 is 4.74 Å². The van der Waals surface area contributed by atoms with Gasteiger partial charge in [-0.05, 0) is 42.7 Å². The molecule has 0 amide bonds. The van der Waals surface area contributed by atoms with E-state index in [1.165, 1.54) is 18.4 Å². The molecule has 16 heavy (non-hydrogen) atoms. The normalized spacial score (nSPS) is 10.6. The monoisotopic (exact) mass is 215 g/mol. The summed E-state index contributed by atoms with van der Waals surface area (Å²) in [5.74, 6) is 0.891. The standard InChI is InChI=1S/C14H17NO/c1-3-4-5-11-8-12-9-13(16-2)6-7-14(12)15-10-11/h6-10H,3-5H2,1-2H3. The van der Waals surface area contributed by atoms with Crippen molar-refractivity contribution in [3.05, 3.63) is 36.0 Å². The molecule has 1 aromatic heterocycles. The molecule has 0 saturated heterocycles. The zero-order chi connectivity index (χ0) is 11.4. The van der Waals surface area contributed by atoms with Crippen molar-refractivity contribution in [2.75, 3.05) is 7.11 Å². The summed E-state index contributed by atoms with van der Waals surface area (Å²) in [5, 5.41) is 1.16. The molecule has 0 spiro atoms. The van der Waals surface area contributed by atoms with Gasteiger partial charge in [-0.2, -0.15) is 0 Å². The Labute approximate surface area is 96.3 Å². The van der Waals surface area contributed by atoms with E-state index >= 15 is 0 Å². The first-order chi connectivity index (χ1) is 7.83. The molecular formula is C14H17NO. The van der Waals surface area contributed by atoms with E-state index in [0.29, 0.717) is 0 Å². The second-order valence-electron chi connectivity index (χ2n) is 4.01. The van der Waals surface area contributed by atoms with Crippen LogP contribution in [0.4, 0.5) is 0 Å². The maximum atomic E-state index is 5.22. The fraction of sp³-hybridized carbons (Fsp3) is 0.357. The third-order valence-corrected chi connectivity index (χ3v) is 2.76. The molecule has 2 nitrogen and oxygen atoms in total. The first kappa shape index (κ1) is 10.9. The zero-order valence-corrected chi connectivity index (χ0v) is 9.86. The highest BCUT2D eigenvalue weighted by Crippen LogP contribution is 2.20. The van der Waals surface area contributed by atoms with E-state index in [9.17, 15) is 0 Å². The van der Waals surface area contributed by atoms with Gasteiger partial charge in [0.15, 0.2) is 0 Å². The van der Waals surface area contributed by atoms with Crippen LogP contribution in [0.3, 0.4) is 0 Å². The molecule has 2 heteroatoms. The summed E-state index contributed by atoms with van der Waals surface area (Å²) in [7, 11) is 1.69. The first-order valence-electron chi connectivity index (χ1n) is 5.76. The lowest BCUT2D eigenvalue weighted by Gasteiger charge is -2.04. The van der Waals surface area contributed by atoms with Gasteiger partial charge in [0.25, 0.3) is 0 Å². The minimum absolute atomic E-state index is 0.891. The van der Waals surface area contributed by atoms with Crippen LogP contribution >= 0.6 is 0 Å². The number of pyridine rings is 1. The molecule has 0 aliphatic heterocycles. The van der Waals surface area contributed by atoms with Gasteiger partial charge in [0.1, 0.15) is 5.75 Å². The average Bonchev–Trinajstić information content (AvgIpc) is 2.35. The molecule has 2 aromatic rings. The Kier molecular flexibility index (Phi) is 3.40. The van der Waals surface area contributed by atoms with Crippen LogP contribution in [-0.2, 0) is 6.42 Å². The Hall–Kier alpha value is -1.57. The minimum atomic E-state index is 0.891. The van der Waals surface area contributed by atoms with Gasteiger partial charge < -0.3 is 4.74 Å². The molecule has 0 N–H and O–H groups in total. The molecule has 0 aliphatic rings. The van der Waals surface area contributed by atoms with Gasteiger partial charge >= 0.3 is 0 Å². The first-order valence-corrected chi connectivity index (χ1v) is 5.76. The number of aromatic nitrogens is 1. The Morgan fingerprint density at radius 1 is 1.25 bits per heavy atom. The number of rotatable bonds is 4. The third kappa shape index (κ3) is 2.32. The molecule has 0 saturated carbocycles. The van der Waals surface area contributed by atoms with Crippen molar-refractivity contribution in [3.8, 4) is 5.75 Å². The number of nitrogens with zero attached hydrogens (tertiary/aromatic N) is 1. The van der Waals surface area contributed by atoms with Crippen molar-refractivity contribution in [2.45, 2.75) is 26.2 Å². The van der Waals surface area contributed by atoms with Gasteiger partial charge in [-0.15, -0.1) is 0 Å². The molecule has 0 aliphatic carbocycles. The second-order valence-corrected chi connectivity index (χ2v) is 4.01. The second kappa shape index (κ2) is 4.97. The van der Waals surface area contributed by atoms with Crippen molar-refractivity contribution in [1.29, 1.82) is 0 Å². The third-order valence-electron chi connectivity index (χ3n) is 2.76. The fourth-order valence-electron chi connectivity index (χ4n) is 1.80. The Morgan fingerprint density at radius 3 is 2.88 bits per heavy atom. The Balaban J connectivity index is 2.35. The largest absolute Gasteiger partial charge is 0.497 e. The maximum Gasteiger partial charge on any atom is 0.119 e. The SMILES string of the molecule is CCCCc1cnc2ccc(OC)cc2c1. The van der Waals surface area contributed by atoms with E-state index < -0.39 is 0 Å². The van der Waals surface area contributed by atoms with Crippen LogP contribution in [-0.4, -0.2) is 12.1 Å². The van der Waals surface area contributed by atoms with Crippen LogP contribution in [0.1, 0.15) is 25.3 Å². The van der Waals surface area contributed by atoms with E-state index in [-0.39, 0.29) is 0 Å². The molecular weight excluding hydrogens is 198 g/mol. The van der Waals surface area contributed by atoms with E-state index in [4.69, 9.17) is 4.74 Å². The Bertz CT molecular complexity index is 479. The van der Waals surface area contributed by atoms with Gasteiger partial charge in [0.05, 0.1) is 12.6 Å². The molecule has 0 atom stereocenters. The predicted octanol–water partition coefficient (Wildman–Crippen LogP) is 3.59. The summed E-state index contributed by atoms with van der Waals surface area (Å²) in [4.78, 5) is 4.45. The molecule has 1 heterocycles. The van der Waals surface area contributed by atoms with Crippen molar-refractivity contribution >= 4 is 10.9 Å². The van der Waals surface area contributed by atoms with Crippen LogP contribution in [0.15, 0.2) is 30.5 Å². The summed E-state index contributed by atoms with van der Waals surface area (Å²) in [5.41, 5.74) is 2.34. The highest BCUT2D eigenvalue weighted by Gasteiger charge is 1.99. The topological polar surface area (TPSA) is 22.1 Å². The molecule has 0 unspecified atom stereocenters. The summed E-state index contributed by atoms with van der Waals surface area (Å²) >= 11 is 0. The number of aryl methyl sites for hydroxylation is 1. The van der Waals surface area contributed by atoms with E-state index in [1.807, 2.05) is 24.4 Å². The van der Waals surface area contributed by atoms with E-state index in [0.717, 1.165) is 23.1 Å². The predicted molar refractivity (Wildman–Crippen MR) is 66.9 cm³/mol. The van der Waals surface area contributed by atoms with Crippen LogP contribution in [0, 0.1) is 0 Å². The summed E-state index contributed by atoms with van der Waals surface area (Å²) in [6.45, 7) is 2.21. The molecule has 84 valence electrons. The van der Waals surface area contributed by atoms with E-state index in [2.05, 4.69) is 18.0 Å². The number of hydrogen-bond donors (Lipinski definition) is 0. The van der Waals surface area contributed by atoms with Crippen molar-refractivity contribution in [1.82, 2.24) is 4.98 Å². The van der Waals surface area contributed by atoms with Gasteiger partial charge in [0, 0.05) is 11.6 Å². The minimum Gasteiger partial charge on any atom is -0.497 e. The van der Waals surface area contributed by atoms with Crippen LogP contribution in [0.25, 0.3) is 10.9 Å². The molecule has 1 aromatic carbocycles. The van der Waals surface area contributed by atoms with Crippen molar-refractivity contribution in [2.24, 2.45) is 0 Å². The lowest BCUT2D eigenvalue weighted by Crippen LogP contribution is -1.89. The van der Waals surface area contributed by atoms with Gasteiger partial charge in [-0.1, -0.05) is 13.3 Å². The average molecular weight is 215 g/mol. The van der Waals surface area contributed by atoms with Gasteiger partial charge in [0.2, 0.25) is 0 Å². The smallest absolute Gasteiger partial charge is 0.119 e. The zero-order valence-electron chi connectivity index (χ0n) is 9.86. The molecule has 0 radical (unpaired) electrons. The van der Waals surface area contributed by atoms with Crippen LogP contribution in [0.5, 0.6) is 5.75 Å². The quantitative estimate of drug-likeness (QED) is 0.777. The lowest BCUT2D eigenvalue weighted by molar-refractivity contribution is 0.415. The van der Waals surface area contributed by atoms with Crippen molar-refractivity contribution in [3.63, 3.8) is 0 Å². The van der Waals surface area contributed by atoms with Crippen LogP contribution in [0.2, 0.25) is 0 Å². The molecule has 0 fully saturated rings. The summed E-state index contributed by atoms with van der Waals surface area (Å²) < 4.78 is 5.22.